The third kappa shape index (κ3) is 3.37. The minimum atomic E-state index is 0.0280. The van der Waals surface area contributed by atoms with Gasteiger partial charge in [0.1, 0.15) is 12.1 Å². The van der Waals surface area contributed by atoms with Crippen LogP contribution in [0.25, 0.3) is 11.0 Å². The number of benzene rings is 1. The van der Waals surface area contributed by atoms with Gasteiger partial charge in [-0.2, -0.15) is 5.10 Å². The first-order valence-electron chi connectivity index (χ1n) is 7.93. The molecule has 7 heteroatoms. The predicted octanol–water partition coefficient (Wildman–Crippen LogP) is 1.53. The van der Waals surface area contributed by atoms with E-state index in [1.807, 2.05) is 18.2 Å². The fourth-order valence-electron chi connectivity index (χ4n) is 2.76. The maximum absolute atomic E-state index is 9.10. The van der Waals surface area contributed by atoms with Gasteiger partial charge < -0.3 is 15.3 Å². The molecule has 3 aromatic rings. The largest absolute Gasteiger partial charge is 0.394 e. The molecular weight excluding hydrogens is 304 g/mol. The van der Waals surface area contributed by atoms with E-state index in [9.17, 15) is 0 Å². The topological polar surface area (TPSA) is 79.1 Å². The highest BCUT2D eigenvalue weighted by Gasteiger charge is 2.15. The number of likely N-dealkylation sites (N-methyl/N-ethyl adjacent to an activating group) is 1. The second kappa shape index (κ2) is 7.37. The molecule has 2 N–H and O–H groups in total. The highest BCUT2D eigenvalue weighted by molar-refractivity contribution is 5.86. The lowest BCUT2D eigenvalue weighted by Gasteiger charge is -2.25. The Kier molecular flexibility index (Phi) is 5.02. The molecule has 3 rings (SSSR count). The van der Waals surface area contributed by atoms with E-state index in [1.54, 1.807) is 10.9 Å². The lowest BCUT2D eigenvalue weighted by atomic mass is 10.1. The van der Waals surface area contributed by atoms with Gasteiger partial charge in [-0.25, -0.2) is 14.6 Å². The Morgan fingerprint density at radius 1 is 1.21 bits per heavy atom. The maximum Gasteiger partial charge on any atom is 0.163 e. The van der Waals surface area contributed by atoms with Gasteiger partial charge in [0, 0.05) is 6.54 Å². The molecule has 0 spiro atoms. The maximum atomic E-state index is 9.10. The summed E-state index contributed by atoms with van der Waals surface area (Å²) in [4.78, 5) is 10.8. The van der Waals surface area contributed by atoms with Crippen LogP contribution in [0.3, 0.4) is 0 Å². The summed E-state index contributed by atoms with van der Waals surface area (Å²) in [7, 11) is 4.13. The van der Waals surface area contributed by atoms with Crippen molar-refractivity contribution in [3.05, 3.63) is 48.4 Å². The summed E-state index contributed by atoms with van der Waals surface area (Å²) in [5.41, 5.74) is 1.97. The zero-order valence-corrected chi connectivity index (χ0v) is 13.9. The Morgan fingerprint density at radius 3 is 2.71 bits per heavy atom. The van der Waals surface area contributed by atoms with Gasteiger partial charge in [0.15, 0.2) is 5.65 Å². The number of aromatic nitrogens is 4. The Morgan fingerprint density at radius 2 is 2.00 bits per heavy atom. The monoisotopic (exact) mass is 326 g/mol. The third-order valence-corrected chi connectivity index (χ3v) is 4.02. The highest BCUT2D eigenvalue weighted by Crippen LogP contribution is 2.22. The van der Waals surface area contributed by atoms with Crippen LogP contribution < -0.4 is 5.32 Å². The number of nitrogens with one attached hydrogen (secondary N) is 1. The zero-order chi connectivity index (χ0) is 16.9. The molecule has 0 amide bonds. The van der Waals surface area contributed by atoms with E-state index in [4.69, 9.17) is 5.11 Å². The van der Waals surface area contributed by atoms with Crippen molar-refractivity contribution in [2.45, 2.75) is 12.6 Å². The first-order valence-corrected chi connectivity index (χ1v) is 7.93. The van der Waals surface area contributed by atoms with Crippen LogP contribution in [0.4, 0.5) is 5.82 Å². The van der Waals surface area contributed by atoms with Crippen LogP contribution in [-0.2, 0) is 6.54 Å². The number of aliphatic hydroxyl groups excluding tert-OH is 1. The van der Waals surface area contributed by atoms with Gasteiger partial charge in [0.05, 0.1) is 30.8 Å². The van der Waals surface area contributed by atoms with Gasteiger partial charge in [-0.1, -0.05) is 30.3 Å². The second-order valence-electron chi connectivity index (χ2n) is 5.82. The summed E-state index contributed by atoms with van der Waals surface area (Å²) in [6.45, 7) is 1.17. The normalized spacial score (nSPS) is 12.7. The number of anilines is 1. The van der Waals surface area contributed by atoms with Crippen molar-refractivity contribution in [3.8, 4) is 0 Å². The van der Waals surface area contributed by atoms with Crippen LogP contribution in [0.2, 0.25) is 0 Å². The fourth-order valence-corrected chi connectivity index (χ4v) is 2.76. The molecule has 0 aliphatic rings. The quantitative estimate of drug-likeness (QED) is 0.685. The molecule has 0 aliphatic heterocycles. The summed E-state index contributed by atoms with van der Waals surface area (Å²) in [5, 5.41) is 17.6. The molecule has 7 nitrogen and oxygen atoms in total. The number of nitrogens with zero attached hydrogens (tertiary/aromatic N) is 5. The van der Waals surface area contributed by atoms with Gasteiger partial charge in [-0.05, 0) is 19.7 Å². The van der Waals surface area contributed by atoms with Gasteiger partial charge in [-0.3, -0.25) is 0 Å². The molecule has 0 saturated carbocycles. The number of hydrogen-bond donors (Lipinski definition) is 2. The molecule has 0 radical (unpaired) electrons. The molecule has 0 saturated heterocycles. The minimum Gasteiger partial charge on any atom is -0.394 e. The van der Waals surface area contributed by atoms with Gasteiger partial charge in [0.25, 0.3) is 0 Å². The van der Waals surface area contributed by atoms with Crippen molar-refractivity contribution in [1.29, 1.82) is 0 Å². The first-order chi connectivity index (χ1) is 11.7. The van der Waals surface area contributed by atoms with Crippen LogP contribution >= 0.6 is 0 Å². The number of fused-ring (bicyclic) bond motifs is 1. The Labute approximate surface area is 141 Å². The van der Waals surface area contributed by atoms with E-state index in [1.165, 1.54) is 11.9 Å². The zero-order valence-electron chi connectivity index (χ0n) is 13.9. The van der Waals surface area contributed by atoms with Crippen LogP contribution in [0.15, 0.2) is 42.9 Å². The molecule has 2 aromatic heterocycles. The SMILES string of the molecule is CN(C)C(CNc1ncnc2c1cnn2CCO)c1ccccc1. The van der Waals surface area contributed by atoms with Gasteiger partial charge in [-0.15, -0.1) is 0 Å². The summed E-state index contributed by atoms with van der Waals surface area (Å²) < 4.78 is 1.68. The molecule has 2 heterocycles. The number of aliphatic hydroxyl groups is 1. The van der Waals surface area contributed by atoms with E-state index >= 15 is 0 Å². The number of hydrogen-bond acceptors (Lipinski definition) is 6. The Bertz CT molecular complexity index is 786. The molecule has 0 aliphatic carbocycles. The summed E-state index contributed by atoms with van der Waals surface area (Å²) in [6.07, 6.45) is 3.26. The Balaban J connectivity index is 1.82. The molecule has 1 unspecified atom stereocenters. The molecular formula is C17H22N6O. The van der Waals surface area contributed by atoms with E-state index in [-0.39, 0.29) is 12.6 Å². The first kappa shape index (κ1) is 16.4. The average molecular weight is 326 g/mol. The lowest BCUT2D eigenvalue weighted by Crippen LogP contribution is -2.27. The van der Waals surface area contributed by atoms with Crippen molar-refractivity contribution >= 4 is 16.9 Å². The van der Waals surface area contributed by atoms with Crippen molar-refractivity contribution in [3.63, 3.8) is 0 Å². The van der Waals surface area contributed by atoms with E-state index < -0.39 is 0 Å². The van der Waals surface area contributed by atoms with Crippen molar-refractivity contribution in [2.75, 3.05) is 32.6 Å². The molecule has 0 fully saturated rings. The standard InChI is InChI=1S/C17H22N6O/c1-22(2)15(13-6-4-3-5-7-13)11-18-16-14-10-21-23(8-9-24)17(14)20-12-19-16/h3-7,10,12,15,24H,8-9,11H2,1-2H3,(H,18,19,20). The fraction of sp³-hybridized carbons (Fsp3) is 0.353. The van der Waals surface area contributed by atoms with E-state index in [2.05, 4.69) is 51.5 Å². The van der Waals surface area contributed by atoms with Gasteiger partial charge >= 0.3 is 0 Å². The van der Waals surface area contributed by atoms with Crippen LogP contribution in [-0.4, -0.2) is 57.0 Å². The summed E-state index contributed by atoms with van der Waals surface area (Å²) in [6, 6.07) is 10.6. The number of rotatable bonds is 7. The van der Waals surface area contributed by atoms with Gasteiger partial charge in [0.2, 0.25) is 0 Å². The smallest absolute Gasteiger partial charge is 0.163 e. The second-order valence-corrected chi connectivity index (χ2v) is 5.82. The average Bonchev–Trinajstić information content (AvgIpc) is 3.00. The third-order valence-electron chi connectivity index (χ3n) is 4.02. The molecule has 24 heavy (non-hydrogen) atoms. The highest BCUT2D eigenvalue weighted by atomic mass is 16.3. The van der Waals surface area contributed by atoms with Crippen molar-refractivity contribution in [1.82, 2.24) is 24.6 Å². The summed E-state index contributed by atoms with van der Waals surface area (Å²) in [5.74, 6) is 0.756. The molecule has 1 atom stereocenters. The van der Waals surface area contributed by atoms with Crippen LogP contribution in [0.5, 0.6) is 0 Å². The van der Waals surface area contributed by atoms with Crippen molar-refractivity contribution in [2.24, 2.45) is 0 Å². The molecule has 1 aromatic carbocycles. The van der Waals surface area contributed by atoms with Crippen LogP contribution in [0.1, 0.15) is 11.6 Å². The van der Waals surface area contributed by atoms with E-state index in [0.29, 0.717) is 13.1 Å². The van der Waals surface area contributed by atoms with E-state index in [0.717, 1.165) is 16.9 Å². The predicted molar refractivity (Wildman–Crippen MR) is 93.8 cm³/mol. The Hall–Kier alpha value is -2.51. The molecule has 126 valence electrons. The lowest BCUT2D eigenvalue weighted by molar-refractivity contribution is 0.271. The molecule has 0 bridgehead atoms. The van der Waals surface area contributed by atoms with Crippen LogP contribution in [0, 0.1) is 0 Å². The summed E-state index contributed by atoms with van der Waals surface area (Å²) >= 11 is 0. The minimum absolute atomic E-state index is 0.0280. The van der Waals surface area contributed by atoms with Crippen molar-refractivity contribution < 1.29 is 5.11 Å².